The first-order chi connectivity index (χ1) is 16.5. The number of nitrogens with zero attached hydrogens (tertiary/aromatic N) is 5. The Hall–Kier alpha value is -4.15. The first kappa shape index (κ1) is 21.7. The summed E-state index contributed by atoms with van der Waals surface area (Å²) in [5.41, 5.74) is 5.07. The third kappa shape index (κ3) is 3.49. The average molecular weight is 466 g/mol. The number of benzene rings is 1. The third-order valence-corrected chi connectivity index (χ3v) is 6.05. The maximum Gasteiger partial charge on any atom is 0.290 e. The van der Waals surface area contributed by atoms with Crippen LogP contribution in [-0.4, -0.2) is 49.2 Å². The number of ether oxygens (including phenoxy) is 2. The van der Waals surface area contributed by atoms with Crippen molar-refractivity contribution in [3.8, 4) is 22.6 Å². The molecule has 0 spiro atoms. The molecule has 0 fully saturated rings. The van der Waals surface area contributed by atoms with Crippen molar-refractivity contribution in [2.75, 3.05) is 18.5 Å². The van der Waals surface area contributed by atoms with E-state index in [-0.39, 0.29) is 18.2 Å². The molecule has 5 heterocycles. The van der Waals surface area contributed by atoms with Crippen molar-refractivity contribution >= 4 is 17.9 Å². The Morgan fingerprint density at radius 3 is 2.79 bits per heavy atom. The van der Waals surface area contributed by atoms with Gasteiger partial charge in [0.15, 0.2) is 17.2 Å². The van der Waals surface area contributed by atoms with Crippen LogP contribution < -0.4 is 14.8 Å². The van der Waals surface area contributed by atoms with Gasteiger partial charge in [0, 0.05) is 42.0 Å². The number of carboxylic acid groups (broad SMARTS) is 1. The molecule has 0 unspecified atom stereocenters. The van der Waals surface area contributed by atoms with Gasteiger partial charge in [-0.25, -0.2) is 4.39 Å². The van der Waals surface area contributed by atoms with Crippen LogP contribution in [0.5, 0.6) is 11.5 Å². The van der Waals surface area contributed by atoms with Crippen molar-refractivity contribution < 1.29 is 23.8 Å². The number of aryl methyl sites for hydroxylation is 2. The Kier molecular flexibility index (Phi) is 5.52. The van der Waals surface area contributed by atoms with Crippen molar-refractivity contribution in [3.05, 3.63) is 53.4 Å². The van der Waals surface area contributed by atoms with Crippen LogP contribution in [-0.2, 0) is 24.8 Å². The minimum absolute atomic E-state index is 0.0295. The van der Waals surface area contributed by atoms with Gasteiger partial charge in [0.2, 0.25) is 0 Å². The monoisotopic (exact) mass is 466 g/mol. The van der Waals surface area contributed by atoms with E-state index in [2.05, 4.69) is 27.5 Å². The highest BCUT2D eigenvalue weighted by Crippen LogP contribution is 2.42. The van der Waals surface area contributed by atoms with E-state index in [9.17, 15) is 4.39 Å². The Morgan fingerprint density at radius 1 is 1.26 bits per heavy atom. The molecule has 0 radical (unpaired) electrons. The van der Waals surface area contributed by atoms with Crippen molar-refractivity contribution in [3.63, 3.8) is 0 Å². The van der Waals surface area contributed by atoms with Crippen LogP contribution in [0.4, 0.5) is 10.2 Å². The van der Waals surface area contributed by atoms with E-state index in [4.69, 9.17) is 19.4 Å². The second-order valence-electron chi connectivity index (χ2n) is 8.03. The quantitative estimate of drug-likeness (QED) is 0.433. The van der Waals surface area contributed by atoms with Gasteiger partial charge in [-0.3, -0.25) is 13.9 Å². The summed E-state index contributed by atoms with van der Waals surface area (Å²) in [5, 5.41) is 23.3. The normalized spacial score (nSPS) is 15.9. The molecule has 1 atom stereocenters. The summed E-state index contributed by atoms with van der Waals surface area (Å²) in [5.74, 6) is 1.82. The van der Waals surface area contributed by atoms with E-state index in [1.165, 1.54) is 6.07 Å². The van der Waals surface area contributed by atoms with Gasteiger partial charge < -0.3 is 19.9 Å². The highest BCUT2D eigenvalue weighted by atomic mass is 19.1. The van der Waals surface area contributed by atoms with Crippen LogP contribution in [0, 0.1) is 5.82 Å². The third-order valence-electron chi connectivity index (χ3n) is 6.05. The topological polar surface area (TPSA) is 116 Å². The molecule has 0 saturated heterocycles. The molecular formula is C23H23FN6O4. The predicted octanol–water partition coefficient (Wildman–Crippen LogP) is 3.01. The number of carbonyl (C=O) groups is 1. The summed E-state index contributed by atoms with van der Waals surface area (Å²) in [4.78, 5) is 8.36. The highest BCUT2D eigenvalue weighted by molar-refractivity contribution is 5.82. The predicted molar refractivity (Wildman–Crippen MR) is 121 cm³/mol. The summed E-state index contributed by atoms with van der Waals surface area (Å²) in [7, 11) is 1.91. The average Bonchev–Trinajstić information content (AvgIpc) is 3.55. The van der Waals surface area contributed by atoms with Gasteiger partial charge in [0.05, 0.1) is 24.8 Å². The van der Waals surface area contributed by atoms with E-state index < -0.39 is 0 Å². The zero-order chi connectivity index (χ0) is 23.8. The molecule has 0 saturated carbocycles. The first-order valence-electron chi connectivity index (χ1n) is 10.8. The molecule has 6 rings (SSSR count). The standard InChI is InChI=1S/C22H21FN6O2.CH2O2/c1-3-17-15(8-28(2)27-17)13-6-19-22(29-11-25-26-21(13)29)24-7-14-16(23)4-5-18-20(14)12(9-30-18)10-31-19;2-1-3/h4-6,8,11-12,24H,3,7,9-10H2,1-2H3;1H,(H,2,3)/t12-;/m1./s1. The Balaban J connectivity index is 0.000000764. The lowest BCUT2D eigenvalue weighted by Crippen LogP contribution is -2.13. The number of halogens is 1. The molecule has 0 aliphatic carbocycles. The van der Waals surface area contributed by atoms with Gasteiger partial charge in [-0.15, -0.1) is 10.2 Å². The minimum Gasteiger partial charge on any atom is -0.493 e. The van der Waals surface area contributed by atoms with Gasteiger partial charge >= 0.3 is 0 Å². The minimum atomic E-state index is -0.250. The molecule has 1 aromatic carbocycles. The largest absolute Gasteiger partial charge is 0.493 e. The fourth-order valence-corrected chi connectivity index (χ4v) is 4.60. The number of rotatable bonds is 2. The Labute approximate surface area is 193 Å². The second kappa shape index (κ2) is 8.65. The maximum absolute atomic E-state index is 14.7. The molecule has 4 aromatic rings. The number of pyridine rings is 1. The fourth-order valence-electron chi connectivity index (χ4n) is 4.60. The number of fused-ring (bicyclic) bond motifs is 3. The van der Waals surface area contributed by atoms with Gasteiger partial charge in [-0.05, 0) is 24.6 Å². The number of nitrogens with one attached hydrogen (secondary N) is 1. The summed E-state index contributed by atoms with van der Waals surface area (Å²) in [6.07, 6.45) is 4.43. The van der Waals surface area contributed by atoms with Crippen molar-refractivity contribution in [2.45, 2.75) is 25.8 Å². The molecule has 10 nitrogen and oxygen atoms in total. The molecule has 2 aliphatic rings. The van der Waals surface area contributed by atoms with Crippen molar-refractivity contribution in [1.82, 2.24) is 24.4 Å². The SMILES string of the molecule is CCc1nn(C)cc1-c1cc2c(n3cnnc13)NCc1c(F)ccc3c1[C@H](CO3)CO2.O=CO. The Morgan fingerprint density at radius 2 is 2.03 bits per heavy atom. The molecule has 0 bridgehead atoms. The van der Waals surface area contributed by atoms with E-state index >= 15 is 0 Å². The van der Waals surface area contributed by atoms with Gasteiger partial charge in [-0.2, -0.15) is 5.10 Å². The molecule has 0 amide bonds. The van der Waals surface area contributed by atoms with E-state index in [1.807, 2.05) is 23.7 Å². The van der Waals surface area contributed by atoms with Gasteiger partial charge in [-0.1, -0.05) is 6.92 Å². The first-order valence-corrected chi connectivity index (χ1v) is 10.8. The van der Waals surface area contributed by atoms with Gasteiger partial charge in [0.25, 0.3) is 6.47 Å². The van der Waals surface area contributed by atoms with Crippen LogP contribution in [0.3, 0.4) is 0 Å². The van der Waals surface area contributed by atoms with Gasteiger partial charge in [0.1, 0.15) is 17.9 Å². The van der Waals surface area contributed by atoms with E-state index in [0.29, 0.717) is 42.5 Å². The van der Waals surface area contributed by atoms with Crippen LogP contribution >= 0.6 is 0 Å². The molecule has 176 valence electrons. The summed E-state index contributed by atoms with van der Waals surface area (Å²) in [6.45, 7) is 3.00. The summed E-state index contributed by atoms with van der Waals surface area (Å²) < 4.78 is 30.5. The lowest BCUT2D eigenvalue weighted by atomic mass is 9.96. The number of hydrogen-bond acceptors (Lipinski definition) is 7. The zero-order valence-electron chi connectivity index (χ0n) is 18.7. The molecule has 2 N–H and O–H groups in total. The molecule has 3 aromatic heterocycles. The lowest BCUT2D eigenvalue weighted by molar-refractivity contribution is -0.122. The molecular weight excluding hydrogens is 443 g/mol. The number of anilines is 1. The molecule has 34 heavy (non-hydrogen) atoms. The smallest absolute Gasteiger partial charge is 0.290 e. The van der Waals surface area contributed by atoms with Crippen LogP contribution in [0.15, 0.2) is 30.7 Å². The molecule has 11 heteroatoms. The number of aromatic nitrogens is 5. The number of hydrogen-bond donors (Lipinski definition) is 2. The van der Waals surface area contributed by atoms with Crippen LogP contribution in [0.1, 0.15) is 29.7 Å². The summed E-state index contributed by atoms with van der Waals surface area (Å²) in [6, 6.07) is 5.14. The van der Waals surface area contributed by atoms with Crippen LogP contribution in [0.2, 0.25) is 0 Å². The summed E-state index contributed by atoms with van der Waals surface area (Å²) >= 11 is 0. The van der Waals surface area contributed by atoms with E-state index in [0.717, 1.165) is 34.6 Å². The van der Waals surface area contributed by atoms with Crippen molar-refractivity contribution in [2.24, 2.45) is 7.05 Å². The Bertz CT molecular complexity index is 1380. The second-order valence-corrected chi connectivity index (χ2v) is 8.03. The molecule has 2 aliphatic heterocycles. The fraction of sp³-hybridized carbons (Fsp3) is 0.304. The van der Waals surface area contributed by atoms with Crippen LogP contribution in [0.25, 0.3) is 16.8 Å². The lowest BCUT2D eigenvalue weighted by Gasteiger charge is -2.16. The highest BCUT2D eigenvalue weighted by Gasteiger charge is 2.31. The zero-order valence-corrected chi connectivity index (χ0v) is 18.7. The maximum atomic E-state index is 14.7. The van der Waals surface area contributed by atoms with E-state index in [1.54, 1.807) is 17.1 Å². The van der Waals surface area contributed by atoms with Crippen molar-refractivity contribution in [1.29, 1.82) is 0 Å².